The standard InChI is InChI=1S/C14H13N3O3/c18-13(4-3-10-2-1-6-15-9-10)17-12-8-11(14(19)20)5-7-16-12/h1-2,5-9H,3-4H2,(H,19,20)(H,16,17,18). The highest BCUT2D eigenvalue weighted by molar-refractivity contribution is 5.92. The molecule has 0 atom stereocenters. The molecule has 0 spiro atoms. The summed E-state index contributed by atoms with van der Waals surface area (Å²) in [5.41, 5.74) is 1.05. The molecule has 2 rings (SSSR count). The minimum atomic E-state index is -1.06. The van der Waals surface area contributed by atoms with E-state index in [2.05, 4.69) is 15.3 Å². The largest absolute Gasteiger partial charge is 0.478 e. The number of aromatic carboxylic acids is 1. The number of aryl methyl sites for hydroxylation is 1. The van der Waals surface area contributed by atoms with Crippen LogP contribution in [0.3, 0.4) is 0 Å². The highest BCUT2D eigenvalue weighted by Gasteiger charge is 2.07. The second kappa shape index (κ2) is 6.42. The molecular weight excluding hydrogens is 258 g/mol. The molecule has 2 N–H and O–H groups in total. The number of aromatic nitrogens is 2. The van der Waals surface area contributed by atoms with E-state index in [0.29, 0.717) is 6.42 Å². The monoisotopic (exact) mass is 271 g/mol. The number of nitrogens with zero attached hydrogens (tertiary/aromatic N) is 2. The highest BCUT2D eigenvalue weighted by atomic mass is 16.4. The van der Waals surface area contributed by atoms with Gasteiger partial charge in [0.15, 0.2) is 0 Å². The normalized spacial score (nSPS) is 10.0. The van der Waals surface area contributed by atoms with Crippen LogP contribution in [0.5, 0.6) is 0 Å². The number of carbonyl (C=O) groups is 2. The maximum Gasteiger partial charge on any atom is 0.335 e. The van der Waals surface area contributed by atoms with E-state index >= 15 is 0 Å². The van der Waals surface area contributed by atoms with Crippen LogP contribution >= 0.6 is 0 Å². The SMILES string of the molecule is O=C(CCc1cccnc1)Nc1cc(C(=O)O)ccn1. The number of pyridine rings is 2. The molecule has 0 aliphatic rings. The van der Waals surface area contributed by atoms with Gasteiger partial charge in [0.1, 0.15) is 5.82 Å². The van der Waals surface area contributed by atoms with Crippen molar-refractivity contribution >= 4 is 17.7 Å². The number of amides is 1. The maximum absolute atomic E-state index is 11.7. The number of anilines is 1. The van der Waals surface area contributed by atoms with Crippen LogP contribution in [0.1, 0.15) is 22.3 Å². The molecule has 0 aromatic carbocycles. The molecule has 0 radical (unpaired) electrons. The fourth-order valence-corrected chi connectivity index (χ4v) is 1.64. The van der Waals surface area contributed by atoms with E-state index in [1.165, 1.54) is 18.3 Å². The number of hydrogen-bond acceptors (Lipinski definition) is 4. The van der Waals surface area contributed by atoms with Crippen molar-refractivity contribution < 1.29 is 14.7 Å². The Balaban J connectivity index is 1.91. The van der Waals surface area contributed by atoms with Gasteiger partial charge in [-0.15, -0.1) is 0 Å². The Kier molecular flexibility index (Phi) is 4.39. The van der Waals surface area contributed by atoms with Crippen molar-refractivity contribution in [1.82, 2.24) is 9.97 Å². The molecule has 0 saturated carbocycles. The predicted molar refractivity (Wildman–Crippen MR) is 72.4 cm³/mol. The van der Waals surface area contributed by atoms with Gasteiger partial charge in [-0.2, -0.15) is 0 Å². The molecule has 0 aliphatic carbocycles. The molecule has 6 nitrogen and oxygen atoms in total. The molecule has 2 heterocycles. The van der Waals surface area contributed by atoms with Gasteiger partial charge in [-0.25, -0.2) is 9.78 Å². The summed E-state index contributed by atoms with van der Waals surface area (Å²) in [4.78, 5) is 30.4. The van der Waals surface area contributed by atoms with E-state index in [4.69, 9.17) is 5.11 Å². The lowest BCUT2D eigenvalue weighted by atomic mass is 10.1. The molecule has 0 aliphatic heterocycles. The minimum Gasteiger partial charge on any atom is -0.478 e. The van der Waals surface area contributed by atoms with Crippen molar-refractivity contribution in [2.24, 2.45) is 0 Å². The summed E-state index contributed by atoms with van der Waals surface area (Å²) in [6.07, 6.45) is 5.57. The Morgan fingerprint density at radius 3 is 2.80 bits per heavy atom. The lowest BCUT2D eigenvalue weighted by molar-refractivity contribution is -0.116. The fraction of sp³-hybridized carbons (Fsp3) is 0.143. The van der Waals surface area contributed by atoms with E-state index in [0.717, 1.165) is 5.56 Å². The van der Waals surface area contributed by atoms with Crippen molar-refractivity contribution in [2.45, 2.75) is 12.8 Å². The van der Waals surface area contributed by atoms with Crippen LogP contribution in [0, 0.1) is 0 Å². The molecule has 102 valence electrons. The van der Waals surface area contributed by atoms with E-state index in [-0.39, 0.29) is 23.7 Å². The maximum atomic E-state index is 11.7. The molecule has 0 saturated heterocycles. The molecule has 0 bridgehead atoms. The number of rotatable bonds is 5. The molecular formula is C14H13N3O3. The van der Waals surface area contributed by atoms with E-state index in [1.807, 2.05) is 12.1 Å². The van der Waals surface area contributed by atoms with Crippen LogP contribution in [-0.4, -0.2) is 27.0 Å². The van der Waals surface area contributed by atoms with Gasteiger partial charge in [-0.1, -0.05) is 6.07 Å². The summed E-state index contributed by atoms with van der Waals surface area (Å²) >= 11 is 0. The average molecular weight is 271 g/mol. The van der Waals surface area contributed by atoms with Gasteiger partial charge in [0.25, 0.3) is 0 Å². The van der Waals surface area contributed by atoms with Crippen LogP contribution < -0.4 is 5.32 Å². The number of carboxylic acids is 1. The van der Waals surface area contributed by atoms with Crippen molar-refractivity contribution in [3.8, 4) is 0 Å². The van der Waals surface area contributed by atoms with Crippen molar-refractivity contribution in [2.75, 3.05) is 5.32 Å². The third-order valence-electron chi connectivity index (χ3n) is 2.64. The molecule has 1 amide bonds. The molecule has 20 heavy (non-hydrogen) atoms. The van der Waals surface area contributed by atoms with Crippen molar-refractivity contribution in [3.05, 3.63) is 54.0 Å². The Hall–Kier alpha value is -2.76. The first-order chi connectivity index (χ1) is 9.65. The van der Waals surface area contributed by atoms with Gasteiger partial charge in [0.2, 0.25) is 5.91 Å². The lowest BCUT2D eigenvalue weighted by Crippen LogP contribution is -2.14. The summed E-state index contributed by atoms with van der Waals surface area (Å²) in [5.74, 6) is -1.04. The zero-order valence-electron chi connectivity index (χ0n) is 10.6. The van der Waals surface area contributed by atoms with Gasteiger partial charge < -0.3 is 10.4 Å². The van der Waals surface area contributed by atoms with E-state index in [1.54, 1.807) is 12.4 Å². The zero-order chi connectivity index (χ0) is 14.4. The van der Waals surface area contributed by atoms with Gasteiger partial charge >= 0.3 is 5.97 Å². The van der Waals surface area contributed by atoms with Crippen LogP contribution in [0.4, 0.5) is 5.82 Å². The zero-order valence-corrected chi connectivity index (χ0v) is 10.6. The van der Waals surface area contributed by atoms with E-state index in [9.17, 15) is 9.59 Å². The topological polar surface area (TPSA) is 92.2 Å². The molecule has 0 unspecified atom stereocenters. The van der Waals surface area contributed by atoms with Crippen molar-refractivity contribution in [3.63, 3.8) is 0 Å². The van der Waals surface area contributed by atoms with Gasteiger partial charge in [0, 0.05) is 25.0 Å². The quantitative estimate of drug-likeness (QED) is 0.864. The van der Waals surface area contributed by atoms with Gasteiger partial charge in [0.05, 0.1) is 5.56 Å². The Bertz CT molecular complexity index is 614. The average Bonchev–Trinajstić information content (AvgIpc) is 2.46. The lowest BCUT2D eigenvalue weighted by Gasteiger charge is -2.05. The summed E-state index contributed by atoms with van der Waals surface area (Å²) in [5, 5.41) is 11.4. The Morgan fingerprint density at radius 1 is 1.25 bits per heavy atom. The number of carbonyl (C=O) groups excluding carboxylic acids is 1. The van der Waals surface area contributed by atoms with Gasteiger partial charge in [-0.05, 0) is 30.2 Å². The molecule has 2 aromatic heterocycles. The minimum absolute atomic E-state index is 0.0857. The summed E-state index contributed by atoms with van der Waals surface area (Å²) < 4.78 is 0. The smallest absolute Gasteiger partial charge is 0.335 e. The summed E-state index contributed by atoms with van der Waals surface area (Å²) in [7, 11) is 0. The van der Waals surface area contributed by atoms with Crippen LogP contribution in [-0.2, 0) is 11.2 Å². The number of hydrogen-bond donors (Lipinski definition) is 2. The molecule has 6 heteroatoms. The first kappa shape index (κ1) is 13.7. The Labute approximate surface area is 115 Å². The molecule has 2 aromatic rings. The third kappa shape index (κ3) is 3.88. The molecule has 0 fully saturated rings. The third-order valence-corrected chi connectivity index (χ3v) is 2.64. The first-order valence-electron chi connectivity index (χ1n) is 6.03. The Morgan fingerprint density at radius 2 is 2.10 bits per heavy atom. The highest BCUT2D eigenvalue weighted by Crippen LogP contribution is 2.08. The van der Waals surface area contributed by atoms with E-state index < -0.39 is 5.97 Å². The van der Waals surface area contributed by atoms with Crippen LogP contribution in [0.15, 0.2) is 42.9 Å². The summed E-state index contributed by atoms with van der Waals surface area (Å²) in [6.45, 7) is 0. The fourth-order valence-electron chi connectivity index (χ4n) is 1.64. The second-order valence-corrected chi connectivity index (χ2v) is 4.14. The van der Waals surface area contributed by atoms with Crippen LogP contribution in [0.25, 0.3) is 0 Å². The van der Waals surface area contributed by atoms with Crippen molar-refractivity contribution in [1.29, 1.82) is 0 Å². The predicted octanol–water partition coefficient (Wildman–Crippen LogP) is 1.75. The second-order valence-electron chi connectivity index (χ2n) is 4.14. The van der Waals surface area contributed by atoms with Crippen LogP contribution in [0.2, 0.25) is 0 Å². The number of nitrogens with one attached hydrogen (secondary N) is 1. The number of carboxylic acid groups (broad SMARTS) is 1. The summed E-state index contributed by atoms with van der Waals surface area (Å²) in [6, 6.07) is 6.40. The first-order valence-corrected chi connectivity index (χ1v) is 6.03. The van der Waals surface area contributed by atoms with Gasteiger partial charge in [-0.3, -0.25) is 9.78 Å².